The van der Waals surface area contributed by atoms with Gasteiger partial charge in [-0.25, -0.2) is 0 Å². The number of hydrogen-bond acceptors (Lipinski definition) is 2. The summed E-state index contributed by atoms with van der Waals surface area (Å²) in [5.41, 5.74) is 1.46. The largest absolute Gasteiger partial charge is 0.288 e. The minimum Gasteiger partial charge on any atom is -0.288 e. The molecular weight excluding hydrogens is 259 g/mol. The summed E-state index contributed by atoms with van der Waals surface area (Å²) in [5.74, 6) is -0.197. The van der Waals surface area contributed by atoms with Gasteiger partial charge in [-0.2, -0.15) is 5.10 Å². The second kappa shape index (κ2) is 4.51. The molecule has 0 amide bonds. The fraction of sp³-hybridized carbons (Fsp3) is 0.167. The van der Waals surface area contributed by atoms with Crippen molar-refractivity contribution in [3.63, 3.8) is 0 Å². The third kappa shape index (κ3) is 2.35. The highest BCUT2D eigenvalue weighted by atomic mass is 35.5. The molecule has 1 aromatic carbocycles. The average molecular weight is 268 g/mol. The van der Waals surface area contributed by atoms with Crippen LogP contribution in [0.5, 0.6) is 0 Å². The first kappa shape index (κ1) is 12.1. The van der Waals surface area contributed by atoms with Crippen LogP contribution in [-0.4, -0.2) is 15.6 Å². The summed E-state index contributed by atoms with van der Waals surface area (Å²) >= 11 is 11.8. The van der Waals surface area contributed by atoms with E-state index in [-0.39, 0.29) is 5.78 Å². The summed E-state index contributed by atoms with van der Waals surface area (Å²) in [6.07, 6.45) is 2.85. The van der Waals surface area contributed by atoms with E-state index in [0.29, 0.717) is 26.9 Å². The van der Waals surface area contributed by atoms with Crippen LogP contribution in [0.2, 0.25) is 10.0 Å². The van der Waals surface area contributed by atoms with Crippen LogP contribution in [0.1, 0.15) is 21.6 Å². The highest BCUT2D eigenvalue weighted by Gasteiger charge is 2.17. The lowest BCUT2D eigenvalue weighted by molar-refractivity contribution is 0.103. The van der Waals surface area contributed by atoms with Gasteiger partial charge in [-0.15, -0.1) is 0 Å². The van der Waals surface area contributed by atoms with Crippen LogP contribution in [0.15, 0.2) is 18.2 Å². The molecule has 0 aliphatic carbocycles. The molecule has 2 aromatic rings. The molecule has 0 unspecified atom stereocenters. The molecule has 5 heteroatoms. The molecule has 0 fully saturated rings. The van der Waals surface area contributed by atoms with Gasteiger partial charge in [0.15, 0.2) is 5.78 Å². The molecule has 17 heavy (non-hydrogen) atoms. The summed E-state index contributed by atoms with van der Waals surface area (Å²) in [7, 11) is 1.72. The van der Waals surface area contributed by atoms with E-state index in [2.05, 4.69) is 11.3 Å². The number of rotatable bonds is 2. The minimum atomic E-state index is -0.197. The van der Waals surface area contributed by atoms with Crippen molar-refractivity contribution in [1.82, 2.24) is 9.78 Å². The Balaban J connectivity index is 2.47. The molecular formula is C12H9Cl2N2O. The lowest BCUT2D eigenvalue weighted by Crippen LogP contribution is -2.03. The maximum absolute atomic E-state index is 12.2. The van der Waals surface area contributed by atoms with Gasteiger partial charge in [0.05, 0.1) is 22.5 Å². The smallest absolute Gasteiger partial charge is 0.198 e. The zero-order valence-electron chi connectivity index (χ0n) is 9.29. The van der Waals surface area contributed by atoms with Crippen molar-refractivity contribution in [2.45, 2.75) is 6.92 Å². The molecule has 1 heterocycles. The third-order valence-corrected chi connectivity index (χ3v) is 2.89. The van der Waals surface area contributed by atoms with Crippen LogP contribution < -0.4 is 0 Å². The van der Waals surface area contributed by atoms with Crippen molar-refractivity contribution < 1.29 is 4.79 Å². The predicted octanol–water partition coefficient (Wildman–Crippen LogP) is 3.07. The quantitative estimate of drug-likeness (QED) is 0.784. The van der Waals surface area contributed by atoms with Gasteiger partial charge in [0.1, 0.15) is 0 Å². The number of aryl methyl sites for hydroxylation is 2. The molecule has 0 bridgehead atoms. The fourth-order valence-electron chi connectivity index (χ4n) is 1.57. The molecule has 2 rings (SSSR count). The molecule has 0 saturated heterocycles. The molecule has 3 nitrogen and oxygen atoms in total. The van der Waals surface area contributed by atoms with E-state index in [4.69, 9.17) is 23.2 Å². The standard InChI is InChI=1S/C12H9Cl2N2O/c1-7-10(6-16(2)15-7)12(17)9-4-3-8(13)5-11(9)14/h3-5H,1-2H3. The van der Waals surface area contributed by atoms with E-state index >= 15 is 0 Å². The number of hydrogen-bond donors (Lipinski definition) is 0. The average Bonchev–Trinajstić information content (AvgIpc) is 2.57. The monoisotopic (exact) mass is 267 g/mol. The first-order valence-corrected chi connectivity index (χ1v) is 5.67. The van der Waals surface area contributed by atoms with Gasteiger partial charge in [0, 0.05) is 17.6 Å². The zero-order valence-corrected chi connectivity index (χ0v) is 10.8. The SMILES string of the molecule is Cc1nn(C)[c]c1C(=O)c1ccc(Cl)cc1Cl. The predicted molar refractivity (Wildman–Crippen MR) is 66.7 cm³/mol. The molecule has 0 N–H and O–H groups in total. The van der Waals surface area contributed by atoms with E-state index in [9.17, 15) is 4.79 Å². The Bertz CT molecular complexity index is 590. The first-order chi connectivity index (χ1) is 7.99. The van der Waals surface area contributed by atoms with E-state index in [1.54, 1.807) is 32.2 Å². The highest BCUT2D eigenvalue weighted by Crippen LogP contribution is 2.24. The van der Waals surface area contributed by atoms with Gasteiger partial charge in [0.2, 0.25) is 0 Å². The summed E-state index contributed by atoms with van der Waals surface area (Å²) in [6, 6.07) is 4.78. The molecule has 1 radical (unpaired) electrons. The molecule has 0 aliphatic heterocycles. The van der Waals surface area contributed by atoms with Gasteiger partial charge >= 0.3 is 0 Å². The normalized spacial score (nSPS) is 10.6. The van der Waals surface area contributed by atoms with Crippen LogP contribution in [0.4, 0.5) is 0 Å². The van der Waals surface area contributed by atoms with E-state index in [1.807, 2.05) is 0 Å². The van der Waals surface area contributed by atoms with Crippen LogP contribution in [-0.2, 0) is 7.05 Å². The number of benzene rings is 1. The van der Waals surface area contributed by atoms with E-state index in [0.717, 1.165) is 0 Å². The Hall–Kier alpha value is -1.32. The lowest BCUT2D eigenvalue weighted by atomic mass is 10.0. The summed E-state index contributed by atoms with van der Waals surface area (Å²) in [6.45, 7) is 1.76. The molecule has 0 spiro atoms. The summed E-state index contributed by atoms with van der Waals surface area (Å²) in [4.78, 5) is 12.2. The maximum Gasteiger partial charge on any atom is 0.198 e. The Morgan fingerprint density at radius 2 is 2.12 bits per heavy atom. The maximum atomic E-state index is 12.2. The van der Waals surface area contributed by atoms with Gasteiger partial charge in [0.25, 0.3) is 0 Å². The second-order valence-corrected chi connectivity index (χ2v) is 4.49. The number of nitrogens with zero attached hydrogens (tertiary/aromatic N) is 2. The van der Waals surface area contributed by atoms with Crippen molar-refractivity contribution in [1.29, 1.82) is 0 Å². The van der Waals surface area contributed by atoms with E-state index in [1.165, 1.54) is 4.68 Å². The minimum absolute atomic E-state index is 0.197. The molecule has 0 aliphatic rings. The van der Waals surface area contributed by atoms with Crippen molar-refractivity contribution >= 4 is 29.0 Å². The Morgan fingerprint density at radius 1 is 1.41 bits per heavy atom. The third-order valence-electron chi connectivity index (χ3n) is 2.34. The summed E-state index contributed by atoms with van der Waals surface area (Å²) in [5, 5.41) is 4.91. The van der Waals surface area contributed by atoms with Crippen molar-refractivity contribution in [2.75, 3.05) is 0 Å². The Kier molecular flexibility index (Phi) is 3.22. The Morgan fingerprint density at radius 3 is 2.65 bits per heavy atom. The van der Waals surface area contributed by atoms with Crippen LogP contribution in [0.3, 0.4) is 0 Å². The summed E-state index contributed by atoms with van der Waals surface area (Å²) < 4.78 is 1.48. The van der Waals surface area contributed by atoms with Crippen molar-refractivity contribution in [3.05, 3.63) is 51.3 Å². The number of carbonyl (C=O) groups is 1. The van der Waals surface area contributed by atoms with Crippen LogP contribution in [0, 0.1) is 13.1 Å². The van der Waals surface area contributed by atoms with Gasteiger partial charge in [-0.3, -0.25) is 9.48 Å². The first-order valence-electron chi connectivity index (χ1n) is 4.91. The number of aromatic nitrogens is 2. The van der Waals surface area contributed by atoms with Gasteiger partial charge in [-0.05, 0) is 25.1 Å². The lowest BCUT2D eigenvalue weighted by Gasteiger charge is -2.02. The van der Waals surface area contributed by atoms with Crippen LogP contribution in [0.25, 0.3) is 0 Å². The van der Waals surface area contributed by atoms with Crippen molar-refractivity contribution in [3.8, 4) is 0 Å². The molecule has 87 valence electrons. The highest BCUT2D eigenvalue weighted by molar-refractivity contribution is 6.37. The number of ketones is 1. The fourth-order valence-corrected chi connectivity index (χ4v) is 2.06. The van der Waals surface area contributed by atoms with Crippen LogP contribution >= 0.6 is 23.2 Å². The van der Waals surface area contributed by atoms with Gasteiger partial charge in [-0.1, -0.05) is 23.2 Å². The van der Waals surface area contributed by atoms with Crippen molar-refractivity contribution in [2.24, 2.45) is 7.05 Å². The number of halogens is 2. The number of carbonyl (C=O) groups excluding carboxylic acids is 1. The molecule has 0 atom stereocenters. The molecule has 1 aromatic heterocycles. The van der Waals surface area contributed by atoms with E-state index < -0.39 is 0 Å². The topological polar surface area (TPSA) is 34.9 Å². The molecule has 0 saturated carbocycles. The second-order valence-electron chi connectivity index (χ2n) is 3.65. The zero-order chi connectivity index (χ0) is 12.6. The Labute approximate surface area is 109 Å². The van der Waals surface area contributed by atoms with Gasteiger partial charge < -0.3 is 0 Å².